The van der Waals surface area contributed by atoms with Gasteiger partial charge in [0, 0.05) is 13.1 Å². The molecule has 0 saturated carbocycles. The summed E-state index contributed by atoms with van der Waals surface area (Å²) >= 11 is 0. The van der Waals surface area contributed by atoms with Gasteiger partial charge < -0.3 is 15.6 Å². The molecule has 0 fully saturated rings. The van der Waals surface area contributed by atoms with E-state index in [0.717, 1.165) is 0 Å². The second kappa shape index (κ2) is 6.28. The lowest BCUT2D eigenvalue weighted by atomic mass is 9.97. The van der Waals surface area contributed by atoms with E-state index >= 15 is 0 Å². The number of aromatic amines is 1. The maximum atomic E-state index is 12.1. The SMILES string of the molecule is CC(C)(C)CNC(=O)c1nc[nH]c1C(=O)NCC(C)(C)C. The molecule has 0 atom stereocenters. The molecule has 0 radical (unpaired) electrons. The van der Waals surface area contributed by atoms with Gasteiger partial charge in [-0.25, -0.2) is 4.98 Å². The predicted octanol–water partition coefficient (Wildman–Crippen LogP) is 1.96. The summed E-state index contributed by atoms with van der Waals surface area (Å²) in [5.41, 5.74) is 0.279. The molecule has 3 N–H and O–H groups in total. The second-order valence-electron chi connectivity index (χ2n) is 7.61. The van der Waals surface area contributed by atoms with E-state index < -0.39 is 0 Å². The van der Waals surface area contributed by atoms with Crippen LogP contribution in [0.5, 0.6) is 0 Å². The van der Waals surface area contributed by atoms with Crippen molar-refractivity contribution in [2.75, 3.05) is 13.1 Å². The lowest BCUT2D eigenvalue weighted by Gasteiger charge is -2.19. The molecule has 0 aliphatic heterocycles. The van der Waals surface area contributed by atoms with Crippen molar-refractivity contribution in [2.45, 2.75) is 41.5 Å². The molecule has 0 unspecified atom stereocenters. The highest BCUT2D eigenvalue weighted by atomic mass is 16.2. The topological polar surface area (TPSA) is 86.9 Å². The Morgan fingerprint density at radius 1 is 1.00 bits per heavy atom. The van der Waals surface area contributed by atoms with Crippen LogP contribution in [0.1, 0.15) is 62.5 Å². The van der Waals surface area contributed by atoms with Crippen molar-refractivity contribution in [1.82, 2.24) is 20.6 Å². The zero-order valence-corrected chi connectivity index (χ0v) is 13.8. The van der Waals surface area contributed by atoms with Gasteiger partial charge in [-0.3, -0.25) is 9.59 Å². The van der Waals surface area contributed by atoms with E-state index in [2.05, 4.69) is 20.6 Å². The van der Waals surface area contributed by atoms with Gasteiger partial charge in [0.25, 0.3) is 11.8 Å². The predicted molar refractivity (Wildman–Crippen MR) is 82.2 cm³/mol. The Labute approximate surface area is 126 Å². The van der Waals surface area contributed by atoms with E-state index in [1.165, 1.54) is 6.33 Å². The van der Waals surface area contributed by atoms with Gasteiger partial charge in [0.1, 0.15) is 5.69 Å². The zero-order chi connectivity index (χ0) is 16.3. The zero-order valence-electron chi connectivity index (χ0n) is 13.8. The Kier molecular flexibility index (Phi) is 5.15. The number of amides is 2. The molecule has 1 heterocycles. The van der Waals surface area contributed by atoms with Gasteiger partial charge >= 0.3 is 0 Å². The molecule has 118 valence electrons. The number of hydrogen-bond donors (Lipinski definition) is 3. The third-order valence-electron chi connectivity index (χ3n) is 2.64. The van der Waals surface area contributed by atoms with E-state index in [9.17, 15) is 9.59 Å². The van der Waals surface area contributed by atoms with E-state index in [1.807, 2.05) is 41.5 Å². The van der Waals surface area contributed by atoms with Crippen LogP contribution >= 0.6 is 0 Å². The maximum Gasteiger partial charge on any atom is 0.272 e. The quantitative estimate of drug-likeness (QED) is 0.793. The summed E-state index contributed by atoms with van der Waals surface area (Å²) in [4.78, 5) is 30.9. The minimum absolute atomic E-state index is 0.0235. The van der Waals surface area contributed by atoms with E-state index in [-0.39, 0.29) is 34.0 Å². The van der Waals surface area contributed by atoms with Crippen molar-refractivity contribution >= 4 is 11.8 Å². The number of nitrogens with one attached hydrogen (secondary N) is 3. The first-order chi connectivity index (χ1) is 9.49. The minimum Gasteiger partial charge on any atom is -0.350 e. The molecule has 2 amide bonds. The van der Waals surface area contributed by atoms with Gasteiger partial charge in [-0.2, -0.15) is 0 Å². The second-order valence-corrected chi connectivity index (χ2v) is 7.61. The maximum absolute atomic E-state index is 12.1. The Bertz CT molecular complexity index is 462. The standard InChI is InChI=1S/C15H26N4O2/c1-14(2,3)7-16-12(20)10-11(19-9-18-10)13(21)17-8-15(4,5)6/h9H,7-8H2,1-6H3,(H,16,20)(H,17,21)(H,18,19). The van der Waals surface area contributed by atoms with Gasteiger partial charge in [-0.1, -0.05) is 41.5 Å². The molecule has 0 saturated heterocycles. The molecule has 1 aromatic heterocycles. The summed E-state index contributed by atoms with van der Waals surface area (Å²) in [6.07, 6.45) is 1.36. The Morgan fingerprint density at radius 2 is 1.48 bits per heavy atom. The summed E-state index contributed by atoms with van der Waals surface area (Å²) in [7, 11) is 0. The lowest BCUT2D eigenvalue weighted by Crippen LogP contribution is -2.36. The highest BCUT2D eigenvalue weighted by molar-refractivity contribution is 6.04. The molecule has 0 aromatic carbocycles. The van der Waals surface area contributed by atoms with Crippen LogP contribution in [0, 0.1) is 10.8 Å². The third-order valence-corrected chi connectivity index (χ3v) is 2.64. The van der Waals surface area contributed by atoms with Crippen LogP contribution in [0.15, 0.2) is 6.33 Å². The first kappa shape index (κ1) is 17.2. The average molecular weight is 294 g/mol. The van der Waals surface area contributed by atoms with Crippen LogP contribution in [0.2, 0.25) is 0 Å². The van der Waals surface area contributed by atoms with Gasteiger partial charge in [-0.15, -0.1) is 0 Å². The molecule has 0 spiro atoms. The number of rotatable bonds is 4. The monoisotopic (exact) mass is 294 g/mol. The summed E-state index contributed by atoms with van der Waals surface area (Å²) < 4.78 is 0. The fourth-order valence-corrected chi connectivity index (χ4v) is 1.50. The first-order valence-corrected chi connectivity index (χ1v) is 7.09. The number of hydrogen-bond acceptors (Lipinski definition) is 3. The number of imidazole rings is 1. The molecule has 1 aromatic rings. The van der Waals surface area contributed by atoms with E-state index in [1.54, 1.807) is 0 Å². The van der Waals surface area contributed by atoms with Crippen molar-refractivity contribution in [2.24, 2.45) is 10.8 Å². The molecule has 0 aliphatic carbocycles. The minimum atomic E-state index is -0.341. The van der Waals surface area contributed by atoms with Crippen LogP contribution in [0.25, 0.3) is 0 Å². The normalized spacial score (nSPS) is 12.1. The van der Waals surface area contributed by atoms with Crippen LogP contribution in [0.3, 0.4) is 0 Å². The van der Waals surface area contributed by atoms with Crippen LogP contribution < -0.4 is 10.6 Å². The summed E-state index contributed by atoms with van der Waals surface area (Å²) in [6, 6.07) is 0. The molecular weight excluding hydrogens is 268 g/mol. The largest absolute Gasteiger partial charge is 0.350 e. The van der Waals surface area contributed by atoms with E-state index in [0.29, 0.717) is 13.1 Å². The molecule has 6 heteroatoms. The van der Waals surface area contributed by atoms with E-state index in [4.69, 9.17) is 0 Å². The Hall–Kier alpha value is -1.85. The average Bonchev–Trinajstić information content (AvgIpc) is 2.80. The van der Waals surface area contributed by atoms with Crippen molar-refractivity contribution in [1.29, 1.82) is 0 Å². The van der Waals surface area contributed by atoms with Gasteiger partial charge in [0.2, 0.25) is 0 Å². The van der Waals surface area contributed by atoms with Crippen molar-refractivity contribution in [3.8, 4) is 0 Å². The molecule has 6 nitrogen and oxygen atoms in total. The fraction of sp³-hybridized carbons (Fsp3) is 0.667. The van der Waals surface area contributed by atoms with Crippen LogP contribution in [-0.2, 0) is 0 Å². The molecule has 21 heavy (non-hydrogen) atoms. The number of H-pyrrole nitrogens is 1. The summed E-state index contributed by atoms with van der Waals surface area (Å²) in [5.74, 6) is -0.657. The number of nitrogens with zero attached hydrogens (tertiary/aromatic N) is 1. The van der Waals surface area contributed by atoms with Crippen molar-refractivity contribution in [3.63, 3.8) is 0 Å². The van der Waals surface area contributed by atoms with Crippen molar-refractivity contribution < 1.29 is 9.59 Å². The number of aromatic nitrogens is 2. The van der Waals surface area contributed by atoms with Gasteiger partial charge in [0.05, 0.1) is 6.33 Å². The highest BCUT2D eigenvalue weighted by Crippen LogP contribution is 2.13. The summed E-state index contributed by atoms with van der Waals surface area (Å²) in [6.45, 7) is 13.2. The third kappa shape index (κ3) is 5.97. The van der Waals surface area contributed by atoms with Gasteiger partial charge in [-0.05, 0) is 10.8 Å². The van der Waals surface area contributed by atoms with Crippen LogP contribution in [-0.4, -0.2) is 34.9 Å². The smallest absolute Gasteiger partial charge is 0.272 e. The summed E-state index contributed by atoms with van der Waals surface area (Å²) in [5, 5.41) is 5.59. The molecular formula is C15H26N4O2. The number of carbonyl (C=O) groups is 2. The highest BCUT2D eigenvalue weighted by Gasteiger charge is 2.22. The molecule has 0 aliphatic rings. The Morgan fingerprint density at radius 3 is 1.95 bits per heavy atom. The molecule has 1 rings (SSSR count). The fourth-order valence-electron chi connectivity index (χ4n) is 1.50. The van der Waals surface area contributed by atoms with Gasteiger partial charge in [0.15, 0.2) is 5.69 Å². The lowest BCUT2D eigenvalue weighted by molar-refractivity contribution is 0.0900. The number of carbonyl (C=O) groups excluding carboxylic acids is 2. The first-order valence-electron chi connectivity index (χ1n) is 7.09. The Balaban J connectivity index is 2.72. The molecule has 0 bridgehead atoms. The van der Waals surface area contributed by atoms with Crippen LogP contribution in [0.4, 0.5) is 0 Å². The van der Waals surface area contributed by atoms with Crippen molar-refractivity contribution in [3.05, 3.63) is 17.7 Å².